The van der Waals surface area contributed by atoms with Gasteiger partial charge >= 0.3 is 5.69 Å². The third-order valence-corrected chi connectivity index (χ3v) is 0.856. The first-order valence-electron chi connectivity index (χ1n) is 2.01. The predicted octanol–water partition coefficient (Wildman–Crippen LogP) is -1.18. The predicted molar refractivity (Wildman–Crippen MR) is 24.7 cm³/mol. The van der Waals surface area contributed by atoms with Crippen LogP contribution in [0.25, 0.3) is 0 Å². The van der Waals surface area contributed by atoms with Gasteiger partial charge in [-0.15, -0.1) is 4.85 Å². The summed E-state index contributed by atoms with van der Waals surface area (Å²) >= 11 is 0. The van der Waals surface area contributed by atoms with Crippen LogP contribution < -0.4 is 5.69 Å². The molecule has 8 heavy (non-hydrogen) atoms. The molecule has 1 heterocycles. The Labute approximate surface area is 44.7 Å². The molecule has 44 valence electrons. The quantitative estimate of drug-likeness (QED) is 0.433. The van der Waals surface area contributed by atoms with E-state index in [1.165, 1.54) is 7.05 Å². The Morgan fingerprint density at radius 2 is 2.50 bits per heavy atom. The second kappa shape index (κ2) is 1.36. The zero-order valence-electron chi connectivity index (χ0n) is 4.27. The molecular weight excluding hydrogens is 110 g/mol. The molecule has 1 N–H and O–H groups in total. The van der Waals surface area contributed by atoms with Gasteiger partial charge < -0.3 is 5.21 Å². The molecule has 0 saturated heterocycles. The SMILES string of the molecule is Cn1c(=O)ncn1O. The molecule has 0 fully saturated rings. The standard InChI is InChI=1S/C3H5N3O2/c1-5-3(7)4-2-6(5)8/h2,8H,1H3. The summed E-state index contributed by atoms with van der Waals surface area (Å²) in [7, 11) is 1.41. The molecule has 0 radical (unpaired) electrons. The highest BCUT2D eigenvalue weighted by molar-refractivity contribution is 4.56. The molecule has 0 aliphatic rings. The van der Waals surface area contributed by atoms with Crippen molar-refractivity contribution in [2.24, 2.45) is 7.05 Å². The lowest BCUT2D eigenvalue weighted by atomic mass is 11.2. The minimum absolute atomic E-state index is 0.465. The monoisotopic (exact) mass is 115 g/mol. The van der Waals surface area contributed by atoms with Crippen LogP contribution in [0.5, 0.6) is 0 Å². The van der Waals surface area contributed by atoms with Crippen LogP contribution >= 0.6 is 0 Å². The van der Waals surface area contributed by atoms with E-state index in [2.05, 4.69) is 4.98 Å². The van der Waals surface area contributed by atoms with E-state index >= 15 is 0 Å². The van der Waals surface area contributed by atoms with Gasteiger partial charge in [-0.2, -0.15) is 4.98 Å². The smallest absolute Gasteiger partial charge is 0.366 e. The second-order valence-electron chi connectivity index (χ2n) is 1.37. The first-order valence-corrected chi connectivity index (χ1v) is 2.01. The summed E-state index contributed by atoms with van der Waals surface area (Å²) in [6, 6.07) is 0. The minimum Gasteiger partial charge on any atom is -0.412 e. The lowest BCUT2D eigenvalue weighted by molar-refractivity contribution is 0.115. The molecule has 0 aliphatic carbocycles. The fourth-order valence-corrected chi connectivity index (χ4v) is 0.350. The lowest BCUT2D eigenvalue weighted by Crippen LogP contribution is -2.18. The van der Waals surface area contributed by atoms with Gasteiger partial charge in [-0.3, -0.25) is 0 Å². The second-order valence-corrected chi connectivity index (χ2v) is 1.37. The zero-order valence-corrected chi connectivity index (χ0v) is 4.27. The van der Waals surface area contributed by atoms with Gasteiger partial charge in [-0.05, 0) is 0 Å². The van der Waals surface area contributed by atoms with Crippen LogP contribution in [0.15, 0.2) is 11.1 Å². The molecule has 0 amide bonds. The van der Waals surface area contributed by atoms with Crippen molar-refractivity contribution in [3.05, 3.63) is 16.8 Å². The average Bonchev–Trinajstić information content (AvgIpc) is 1.98. The number of nitrogens with zero attached hydrogens (tertiary/aromatic N) is 3. The maximum absolute atomic E-state index is 10.3. The van der Waals surface area contributed by atoms with Crippen molar-refractivity contribution in [2.75, 3.05) is 0 Å². The molecule has 0 aliphatic heterocycles. The summed E-state index contributed by atoms with van der Waals surface area (Å²) in [6.45, 7) is 0. The Kier molecular flexibility index (Phi) is 0.831. The van der Waals surface area contributed by atoms with Crippen molar-refractivity contribution in [3.8, 4) is 0 Å². The third-order valence-electron chi connectivity index (χ3n) is 0.856. The van der Waals surface area contributed by atoms with E-state index < -0.39 is 5.69 Å². The van der Waals surface area contributed by atoms with Gasteiger partial charge in [0.1, 0.15) is 0 Å². The fourth-order valence-electron chi connectivity index (χ4n) is 0.350. The molecule has 5 heteroatoms. The maximum atomic E-state index is 10.3. The van der Waals surface area contributed by atoms with Crippen LogP contribution in [0.2, 0.25) is 0 Å². The average molecular weight is 115 g/mol. The van der Waals surface area contributed by atoms with Gasteiger partial charge in [0, 0.05) is 7.05 Å². The van der Waals surface area contributed by atoms with E-state index in [4.69, 9.17) is 5.21 Å². The number of hydrogen-bond donors (Lipinski definition) is 1. The van der Waals surface area contributed by atoms with E-state index in [1.807, 2.05) is 0 Å². The third kappa shape index (κ3) is 0.481. The van der Waals surface area contributed by atoms with Crippen molar-refractivity contribution < 1.29 is 5.21 Å². The largest absolute Gasteiger partial charge is 0.412 e. The Bertz CT molecular complexity index is 235. The van der Waals surface area contributed by atoms with Crippen LogP contribution in [0.3, 0.4) is 0 Å². The topological polar surface area (TPSA) is 60.0 Å². The molecule has 0 saturated carbocycles. The molecule has 0 spiro atoms. The maximum Gasteiger partial charge on any atom is 0.366 e. The summed E-state index contributed by atoms with van der Waals surface area (Å²) in [6.07, 6.45) is 1.03. The van der Waals surface area contributed by atoms with E-state index in [0.29, 0.717) is 4.85 Å². The van der Waals surface area contributed by atoms with Crippen molar-refractivity contribution in [2.45, 2.75) is 0 Å². The van der Waals surface area contributed by atoms with Crippen LogP contribution in [0, 0.1) is 0 Å². The lowest BCUT2D eigenvalue weighted by Gasteiger charge is -1.90. The van der Waals surface area contributed by atoms with E-state index in [1.54, 1.807) is 0 Å². The van der Waals surface area contributed by atoms with Gasteiger partial charge in [0.2, 0.25) is 0 Å². The van der Waals surface area contributed by atoms with Crippen molar-refractivity contribution in [3.63, 3.8) is 0 Å². The first-order chi connectivity index (χ1) is 3.72. The zero-order chi connectivity index (χ0) is 6.15. The Morgan fingerprint density at radius 3 is 2.62 bits per heavy atom. The van der Waals surface area contributed by atoms with Crippen molar-refractivity contribution in [1.29, 1.82) is 0 Å². The highest BCUT2D eigenvalue weighted by Crippen LogP contribution is 1.65. The van der Waals surface area contributed by atoms with Crippen LogP contribution in [-0.2, 0) is 7.05 Å². The van der Waals surface area contributed by atoms with Crippen molar-refractivity contribution >= 4 is 0 Å². The molecule has 5 nitrogen and oxygen atoms in total. The van der Waals surface area contributed by atoms with E-state index in [-0.39, 0.29) is 0 Å². The van der Waals surface area contributed by atoms with E-state index in [9.17, 15) is 4.79 Å². The summed E-state index contributed by atoms with van der Waals surface area (Å²) in [5, 5.41) is 8.56. The summed E-state index contributed by atoms with van der Waals surface area (Å²) in [5.74, 6) is 0. The molecule has 1 aromatic rings. The van der Waals surface area contributed by atoms with Gasteiger partial charge in [0.05, 0.1) is 0 Å². The Hall–Kier alpha value is -1.26. The molecule has 1 rings (SSSR count). The highest BCUT2D eigenvalue weighted by atomic mass is 16.5. The molecular formula is C3H5N3O2. The fraction of sp³-hybridized carbons (Fsp3) is 0.333. The van der Waals surface area contributed by atoms with E-state index in [0.717, 1.165) is 11.0 Å². The first kappa shape index (κ1) is 4.89. The minimum atomic E-state index is -0.465. The number of aromatic nitrogens is 3. The summed E-state index contributed by atoms with van der Waals surface area (Å²) < 4.78 is 0.972. The molecule has 0 bridgehead atoms. The van der Waals surface area contributed by atoms with Crippen LogP contribution in [0.1, 0.15) is 0 Å². The molecule has 0 unspecified atom stereocenters. The number of hydrogen-bond acceptors (Lipinski definition) is 3. The van der Waals surface area contributed by atoms with Crippen molar-refractivity contribution in [1.82, 2.24) is 14.5 Å². The van der Waals surface area contributed by atoms with Gasteiger partial charge in [-0.25, -0.2) is 9.48 Å². The van der Waals surface area contributed by atoms with Crippen LogP contribution in [-0.4, -0.2) is 19.7 Å². The molecule has 0 atom stereocenters. The van der Waals surface area contributed by atoms with Crippen LogP contribution in [0.4, 0.5) is 0 Å². The van der Waals surface area contributed by atoms with Gasteiger partial charge in [-0.1, -0.05) is 0 Å². The summed E-state index contributed by atoms with van der Waals surface area (Å²) in [4.78, 5) is 14.2. The highest BCUT2D eigenvalue weighted by Gasteiger charge is 1.92. The molecule has 1 aromatic heterocycles. The Morgan fingerprint density at radius 1 is 1.88 bits per heavy atom. The Balaban J connectivity index is 3.41. The van der Waals surface area contributed by atoms with Gasteiger partial charge in [0.25, 0.3) is 0 Å². The number of rotatable bonds is 0. The normalized spacial score (nSPS) is 9.62. The van der Waals surface area contributed by atoms with Gasteiger partial charge in [0.15, 0.2) is 6.33 Å². The summed E-state index contributed by atoms with van der Waals surface area (Å²) in [5.41, 5.74) is -0.465. The molecule has 0 aromatic carbocycles.